The van der Waals surface area contributed by atoms with E-state index in [-0.39, 0.29) is 0 Å². The molecular formula is C13H12BrClN2O. The van der Waals surface area contributed by atoms with Crippen molar-refractivity contribution in [2.24, 2.45) is 0 Å². The van der Waals surface area contributed by atoms with Gasteiger partial charge in [0.25, 0.3) is 0 Å². The van der Waals surface area contributed by atoms with Gasteiger partial charge in [0.1, 0.15) is 10.9 Å². The lowest BCUT2D eigenvalue weighted by Crippen LogP contribution is -1.97. The van der Waals surface area contributed by atoms with Crippen LogP contribution in [0, 0.1) is 0 Å². The summed E-state index contributed by atoms with van der Waals surface area (Å²) in [5, 5.41) is 0.430. The second-order valence-electron chi connectivity index (χ2n) is 3.68. The highest BCUT2D eigenvalue weighted by Gasteiger charge is 2.11. The van der Waals surface area contributed by atoms with Crippen molar-refractivity contribution in [3.05, 3.63) is 39.6 Å². The average molecular weight is 328 g/mol. The fourth-order valence-electron chi connectivity index (χ4n) is 1.59. The Labute approximate surface area is 119 Å². The number of methoxy groups -OCH3 is 1. The molecule has 3 nitrogen and oxygen atoms in total. The van der Waals surface area contributed by atoms with E-state index >= 15 is 0 Å². The SMILES string of the molecule is CCc1nc(-c2cccc(OC)c2)nc(Cl)c1Br. The summed E-state index contributed by atoms with van der Waals surface area (Å²) < 4.78 is 5.95. The maximum atomic E-state index is 6.09. The molecule has 0 atom stereocenters. The topological polar surface area (TPSA) is 35.0 Å². The van der Waals surface area contributed by atoms with Crippen molar-refractivity contribution in [2.45, 2.75) is 13.3 Å². The lowest BCUT2D eigenvalue weighted by Gasteiger charge is -2.07. The number of ether oxygens (including phenoxy) is 1. The largest absolute Gasteiger partial charge is 0.497 e. The van der Waals surface area contributed by atoms with Gasteiger partial charge in [-0.05, 0) is 34.5 Å². The van der Waals surface area contributed by atoms with Crippen LogP contribution in [0.1, 0.15) is 12.6 Å². The molecule has 94 valence electrons. The molecule has 1 aromatic carbocycles. The standard InChI is InChI=1S/C13H12BrClN2O/c1-3-10-11(14)12(15)17-13(16-10)8-5-4-6-9(7-8)18-2/h4-7H,3H2,1-2H3. The van der Waals surface area contributed by atoms with Gasteiger partial charge in [0.2, 0.25) is 0 Å². The first-order chi connectivity index (χ1) is 8.65. The third kappa shape index (κ3) is 2.65. The van der Waals surface area contributed by atoms with Gasteiger partial charge in [-0.15, -0.1) is 0 Å². The van der Waals surface area contributed by atoms with Gasteiger partial charge in [0.15, 0.2) is 5.82 Å². The molecule has 0 fully saturated rings. The normalized spacial score (nSPS) is 10.4. The summed E-state index contributed by atoms with van der Waals surface area (Å²) in [6.07, 6.45) is 0.791. The van der Waals surface area contributed by atoms with E-state index in [4.69, 9.17) is 16.3 Å². The molecule has 0 saturated carbocycles. The number of benzene rings is 1. The summed E-state index contributed by atoms with van der Waals surface area (Å²) in [4.78, 5) is 8.78. The highest BCUT2D eigenvalue weighted by molar-refractivity contribution is 9.10. The Morgan fingerprint density at radius 3 is 2.78 bits per heavy atom. The zero-order valence-corrected chi connectivity index (χ0v) is 12.4. The summed E-state index contributed by atoms with van der Waals surface area (Å²) >= 11 is 9.49. The van der Waals surface area contributed by atoms with Crippen molar-refractivity contribution in [3.8, 4) is 17.1 Å². The summed E-state index contributed by atoms with van der Waals surface area (Å²) in [5.41, 5.74) is 1.78. The Morgan fingerprint density at radius 1 is 1.33 bits per heavy atom. The molecule has 0 bridgehead atoms. The van der Waals surface area contributed by atoms with Crippen LogP contribution in [0.2, 0.25) is 5.15 Å². The molecule has 2 rings (SSSR count). The molecule has 1 aromatic heterocycles. The van der Waals surface area contributed by atoms with Crippen molar-refractivity contribution in [2.75, 3.05) is 7.11 Å². The van der Waals surface area contributed by atoms with Crippen molar-refractivity contribution < 1.29 is 4.74 Å². The average Bonchev–Trinajstić information content (AvgIpc) is 2.41. The van der Waals surface area contributed by atoms with E-state index in [0.717, 1.165) is 27.9 Å². The number of halogens is 2. The molecule has 2 aromatic rings. The molecular weight excluding hydrogens is 316 g/mol. The van der Waals surface area contributed by atoms with Crippen LogP contribution in [0.5, 0.6) is 5.75 Å². The van der Waals surface area contributed by atoms with Gasteiger partial charge < -0.3 is 4.74 Å². The zero-order chi connectivity index (χ0) is 13.1. The summed E-state index contributed by atoms with van der Waals surface area (Å²) in [6.45, 7) is 2.03. The highest BCUT2D eigenvalue weighted by Crippen LogP contribution is 2.28. The van der Waals surface area contributed by atoms with E-state index < -0.39 is 0 Å². The van der Waals surface area contributed by atoms with Crippen LogP contribution < -0.4 is 4.74 Å². The smallest absolute Gasteiger partial charge is 0.161 e. The Kier molecular flexibility index (Phi) is 4.19. The zero-order valence-electron chi connectivity index (χ0n) is 10.1. The molecule has 0 radical (unpaired) electrons. The summed E-state index contributed by atoms with van der Waals surface area (Å²) in [6, 6.07) is 7.60. The number of hydrogen-bond acceptors (Lipinski definition) is 3. The number of rotatable bonds is 3. The molecule has 0 N–H and O–H groups in total. The van der Waals surface area contributed by atoms with Crippen LogP contribution in [0.4, 0.5) is 0 Å². The number of nitrogens with zero attached hydrogens (tertiary/aromatic N) is 2. The summed E-state index contributed by atoms with van der Waals surface area (Å²) in [7, 11) is 1.63. The first-order valence-electron chi connectivity index (χ1n) is 5.52. The molecule has 1 heterocycles. The molecule has 0 aliphatic rings. The van der Waals surface area contributed by atoms with Gasteiger partial charge in [0, 0.05) is 5.56 Å². The third-order valence-corrected chi connectivity index (χ3v) is 3.88. The van der Waals surface area contributed by atoms with Gasteiger partial charge >= 0.3 is 0 Å². The minimum absolute atomic E-state index is 0.430. The molecule has 0 unspecified atom stereocenters. The van der Waals surface area contributed by atoms with E-state index in [0.29, 0.717) is 11.0 Å². The number of hydrogen-bond donors (Lipinski definition) is 0. The number of aromatic nitrogens is 2. The van der Waals surface area contributed by atoms with Gasteiger partial charge in [0.05, 0.1) is 17.3 Å². The van der Waals surface area contributed by atoms with E-state index in [9.17, 15) is 0 Å². The maximum absolute atomic E-state index is 6.09. The number of aryl methyl sites for hydroxylation is 1. The second kappa shape index (κ2) is 5.67. The van der Waals surface area contributed by atoms with Gasteiger partial charge in [-0.3, -0.25) is 0 Å². The van der Waals surface area contributed by atoms with Crippen LogP contribution >= 0.6 is 27.5 Å². The summed E-state index contributed by atoms with van der Waals surface area (Å²) in [5.74, 6) is 1.38. The van der Waals surface area contributed by atoms with Crippen molar-refractivity contribution in [3.63, 3.8) is 0 Å². The Bertz CT molecular complexity index is 575. The lowest BCUT2D eigenvalue weighted by molar-refractivity contribution is 0.415. The predicted molar refractivity (Wildman–Crippen MR) is 76.1 cm³/mol. The molecule has 0 aliphatic heterocycles. The molecule has 0 aliphatic carbocycles. The fourth-order valence-corrected chi connectivity index (χ4v) is 2.24. The first kappa shape index (κ1) is 13.3. The monoisotopic (exact) mass is 326 g/mol. The van der Waals surface area contributed by atoms with E-state index in [2.05, 4.69) is 25.9 Å². The van der Waals surface area contributed by atoms with Crippen LogP contribution in [0.3, 0.4) is 0 Å². The van der Waals surface area contributed by atoms with Gasteiger partial charge in [-0.1, -0.05) is 30.7 Å². The minimum Gasteiger partial charge on any atom is -0.497 e. The molecule has 0 spiro atoms. The van der Waals surface area contributed by atoms with Crippen LogP contribution in [-0.4, -0.2) is 17.1 Å². The first-order valence-corrected chi connectivity index (χ1v) is 6.69. The van der Waals surface area contributed by atoms with Crippen LogP contribution in [0.25, 0.3) is 11.4 Å². The lowest BCUT2D eigenvalue weighted by atomic mass is 10.2. The third-order valence-electron chi connectivity index (χ3n) is 2.54. The van der Waals surface area contributed by atoms with Crippen LogP contribution in [-0.2, 0) is 6.42 Å². The quantitative estimate of drug-likeness (QED) is 0.795. The molecule has 0 amide bonds. The maximum Gasteiger partial charge on any atom is 0.161 e. The highest BCUT2D eigenvalue weighted by atomic mass is 79.9. The Balaban J connectivity index is 2.53. The fraction of sp³-hybridized carbons (Fsp3) is 0.231. The Morgan fingerprint density at radius 2 is 2.11 bits per heavy atom. The Hall–Kier alpha value is -1.13. The van der Waals surface area contributed by atoms with Gasteiger partial charge in [-0.25, -0.2) is 9.97 Å². The van der Waals surface area contributed by atoms with E-state index in [1.807, 2.05) is 31.2 Å². The molecule has 18 heavy (non-hydrogen) atoms. The van der Waals surface area contributed by atoms with E-state index in [1.165, 1.54) is 0 Å². The van der Waals surface area contributed by atoms with Crippen molar-refractivity contribution in [1.29, 1.82) is 0 Å². The molecule has 0 saturated heterocycles. The van der Waals surface area contributed by atoms with Gasteiger partial charge in [-0.2, -0.15) is 0 Å². The van der Waals surface area contributed by atoms with Crippen molar-refractivity contribution in [1.82, 2.24) is 9.97 Å². The predicted octanol–water partition coefficient (Wildman–Crippen LogP) is 4.13. The molecule has 5 heteroatoms. The van der Waals surface area contributed by atoms with E-state index in [1.54, 1.807) is 7.11 Å². The van der Waals surface area contributed by atoms with Crippen LogP contribution in [0.15, 0.2) is 28.7 Å². The minimum atomic E-state index is 0.430. The second-order valence-corrected chi connectivity index (χ2v) is 4.84. The van der Waals surface area contributed by atoms with Crippen molar-refractivity contribution >= 4 is 27.5 Å².